The molecule has 0 fully saturated rings. The summed E-state index contributed by atoms with van der Waals surface area (Å²) in [5.41, 5.74) is 1.85. The van der Waals surface area contributed by atoms with Crippen molar-refractivity contribution in [2.75, 3.05) is 0 Å². The Morgan fingerprint density at radius 2 is 1.79 bits per heavy atom. The molecule has 1 aromatic carbocycles. The lowest BCUT2D eigenvalue weighted by Gasteiger charge is -2.29. The molecule has 0 bridgehead atoms. The van der Waals surface area contributed by atoms with Gasteiger partial charge < -0.3 is 4.42 Å². The van der Waals surface area contributed by atoms with Crippen LogP contribution in [0.15, 0.2) is 57.1 Å². The molecular formula is C21H20N2O5. The first-order valence-corrected chi connectivity index (χ1v) is 8.83. The van der Waals surface area contributed by atoms with Gasteiger partial charge in [-0.1, -0.05) is 12.1 Å². The van der Waals surface area contributed by atoms with Gasteiger partial charge in [-0.05, 0) is 45.9 Å². The Balaban J connectivity index is 2.15. The fourth-order valence-corrected chi connectivity index (χ4v) is 3.84. The number of hydrogen-bond acceptors (Lipinski definition) is 6. The smallest absolute Gasteiger partial charge is 0.280 e. The van der Waals surface area contributed by atoms with Crippen molar-refractivity contribution in [3.05, 3.63) is 63.5 Å². The maximum atomic E-state index is 12.3. The predicted octanol–water partition coefficient (Wildman–Crippen LogP) is 4.48. The number of benzene rings is 1. The lowest BCUT2D eigenvalue weighted by molar-refractivity contribution is -0.384. The number of ketones is 2. The quantitative estimate of drug-likeness (QED) is 0.562. The molecule has 1 aromatic heterocycles. The van der Waals surface area contributed by atoms with Crippen LogP contribution in [0.25, 0.3) is 11.3 Å². The van der Waals surface area contributed by atoms with Crippen molar-refractivity contribution in [1.82, 2.24) is 0 Å². The SMILES string of the molecule is CC(=O)C1=C(C)N=C(C)C(C(C)=O)[C@@H]1c1ccc(-c2ccccc2[N+](=O)[O-])o1. The van der Waals surface area contributed by atoms with Crippen LogP contribution in [0.4, 0.5) is 5.69 Å². The van der Waals surface area contributed by atoms with E-state index in [1.165, 1.54) is 19.9 Å². The fraction of sp³-hybridized carbons (Fsp3) is 0.286. The van der Waals surface area contributed by atoms with Gasteiger partial charge in [0.05, 0.1) is 22.3 Å². The summed E-state index contributed by atoms with van der Waals surface area (Å²) in [6.07, 6.45) is 0. The van der Waals surface area contributed by atoms with Crippen LogP contribution in [0.3, 0.4) is 0 Å². The normalized spacial score (nSPS) is 19.4. The number of nitrogens with zero attached hydrogens (tertiary/aromatic N) is 2. The van der Waals surface area contributed by atoms with Crippen molar-refractivity contribution in [3.8, 4) is 11.3 Å². The Kier molecular flexibility index (Phi) is 5.09. The molecule has 28 heavy (non-hydrogen) atoms. The standard InChI is InChI=1S/C21H20N2O5/c1-11-19(13(3)24)21(20(14(4)25)12(2)22-11)18-10-9-17(28-18)15-7-5-6-8-16(15)23(26)27/h5-10,19,21H,1-4H3/t19?,21-/m0/s1. The zero-order valence-electron chi connectivity index (χ0n) is 16.1. The number of para-hydroxylation sites is 1. The molecule has 144 valence electrons. The van der Waals surface area contributed by atoms with Crippen molar-refractivity contribution in [2.45, 2.75) is 33.6 Å². The molecule has 7 heteroatoms. The van der Waals surface area contributed by atoms with E-state index in [-0.39, 0.29) is 17.3 Å². The van der Waals surface area contributed by atoms with Gasteiger partial charge in [-0.15, -0.1) is 0 Å². The Hall–Kier alpha value is -3.35. The van der Waals surface area contributed by atoms with Crippen molar-refractivity contribution < 1.29 is 18.9 Å². The lowest BCUT2D eigenvalue weighted by atomic mass is 9.75. The molecule has 0 amide bonds. The number of nitro benzene ring substituents is 1. The average molecular weight is 380 g/mol. The third-order valence-electron chi connectivity index (χ3n) is 4.95. The molecule has 0 radical (unpaired) electrons. The molecule has 2 heterocycles. The van der Waals surface area contributed by atoms with Crippen LogP contribution in [-0.4, -0.2) is 22.2 Å². The van der Waals surface area contributed by atoms with Crippen LogP contribution in [0.5, 0.6) is 0 Å². The first-order valence-electron chi connectivity index (χ1n) is 8.83. The Bertz CT molecular complexity index is 1040. The van der Waals surface area contributed by atoms with Gasteiger partial charge in [0.1, 0.15) is 17.3 Å². The molecule has 1 unspecified atom stereocenters. The van der Waals surface area contributed by atoms with Gasteiger partial charge in [0.25, 0.3) is 5.69 Å². The molecule has 0 aliphatic carbocycles. The first kappa shape index (κ1) is 19.4. The maximum absolute atomic E-state index is 12.3. The number of Topliss-reactive ketones (excluding diaryl/α,β-unsaturated/α-hetero) is 2. The van der Waals surface area contributed by atoms with Gasteiger partial charge >= 0.3 is 0 Å². The zero-order chi connectivity index (χ0) is 20.6. The number of allylic oxidation sites excluding steroid dienone is 2. The van der Waals surface area contributed by atoms with Gasteiger partial charge in [-0.3, -0.25) is 24.7 Å². The third-order valence-corrected chi connectivity index (χ3v) is 4.95. The van der Waals surface area contributed by atoms with E-state index in [1.54, 1.807) is 44.2 Å². The average Bonchev–Trinajstić information content (AvgIpc) is 3.09. The third kappa shape index (κ3) is 3.31. The minimum absolute atomic E-state index is 0.0774. The monoisotopic (exact) mass is 380 g/mol. The van der Waals surface area contributed by atoms with Crippen molar-refractivity contribution >= 4 is 23.0 Å². The van der Waals surface area contributed by atoms with Crippen LogP contribution < -0.4 is 0 Å². The Labute approximate surface area is 161 Å². The van der Waals surface area contributed by atoms with E-state index in [0.717, 1.165) is 0 Å². The molecule has 1 aliphatic rings. The highest BCUT2D eigenvalue weighted by Gasteiger charge is 2.40. The largest absolute Gasteiger partial charge is 0.460 e. The maximum Gasteiger partial charge on any atom is 0.280 e. The number of aliphatic imine (C=N–C) groups is 1. The van der Waals surface area contributed by atoms with E-state index in [0.29, 0.717) is 34.1 Å². The zero-order valence-corrected chi connectivity index (χ0v) is 16.1. The van der Waals surface area contributed by atoms with E-state index in [2.05, 4.69) is 4.99 Å². The van der Waals surface area contributed by atoms with Crippen LogP contribution in [0.1, 0.15) is 39.4 Å². The molecule has 0 saturated heterocycles. The summed E-state index contributed by atoms with van der Waals surface area (Å²) in [5, 5.41) is 11.3. The Morgan fingerprint density at radius 1 is 1.11 bits per heavy atom. The second-order valence-corrected chi connectivity index (χ2v) is 6.85. The van der Waals surface area contributed by atoms with E-state index < -0.39 is 16.8 Å². The molecule has 2 atom stereocenters. The van der Waals surface area contributed by atoms with E-state index >= 15 is 0 Å². The molecule has 2 aromatic rings. The van der Waals surface area contributed by atoms with Crippen molar-refractivity contribution in [3.63, 3.8) is 0 Å². The van der Waals surface area contributed by atoms with Crippen molar-refractivity contribution in [1.29, 1.82) is 0 Å². The van der Waals surface area contributed by atoms with Crippen LogP contribution in [0, 0.1) is 16.0 Å². The number of furan rings is 1. The summed E-state index contributed by atoms with van der Waals surface area (Å²) in [7, 11) is 0. The van der Waals surface area contributed by atoms with Gasteiger partial charge in [0.2, 0.25) is 0 Å². The molecule has 0 spiro atoms. The summed E-state index contributed by atoms with van der Waals surface area (Å²) in [6.45, 7) is 6.38. The topological polar surface area (TPSA) is 103 Å². The van der Waals surface area contributed by atoms with Gasteiger partial charge in [-0.2, -0.15) is 0 Å². The number of carbonyl (C=O) groups is 2. The second-order valence-electron chi connectivity index (χ2n) is 6.85. The second kappa shape index (κ2) is 7.34. The number of hydrogen-bond donors (Lipinski definition) is 0. The molecule has 1 aliphatic heterocycles. The highest BCUT2D eigenvalue weighted by molar-refractivity contribution is 6.09. The van der Waals surface area contributed by atoms with Gasteiger partial charge in [0.15, 0.2) is 5.78 Å². The first-order chi connectivity index (χ1) is 13.2. The predicted molar refractivity (Wildman–Crippen MR) is 104 cm³/mol. The number of nitro groups is 1. The molecule has 0 saturated carbocycles. The minimum atomic E-state index is -0.618. The van der Waals surface area contributed by atoms with Crippen LogP contribution in [-0.2, 0) is 9.59 Å². The van der Waals surface area contributed by atoms with Gasteiger partial charge in [0, 0.05) is 23.0 Å². The van der Waals surface area contributed by atoms with Crippen LogP contribution in [0.2, 0.25) is 0 Å². The van der Waals surface area contributed by atoms with E-state index in [1.807, 2.05) is 0 Å². The summed E-state index contributed by atoms with van der Waals surface area (Å²) in [6, 6.07) is 9.57. The van der Waals surface area contributed by atoms with E-state index in [4.69, 9.17) is 4.42 Å². The molecular weight excluding hydrogens is 360 g/mol. The molecule has 7 nitrogen and oxygen atoms in total. The minimum Gasteiger partial charge on any atom is -0.460 e. The fourth-order valence-electron chi connectivity index (χ4n) is 3.84. The van der Waals surface area contributed by atoms with Crippen LogP contribution >= 0.6 is 0 Å². The van der Waals surface area contributed by atoms with E-state index in [9.17, 15) is 19.7 Å². The highest BCUT2D eigenvalue weighted by atomic mass is 16.6. The molecule has 3 rings (SSSR count). The number of rotatable bonds is 5. The highest BCUT2D eigenvalue weighted by Crippen LogP contribution is 2.42. The molecule has 0 N–H and O–H groups in total. The van der Waals surface area contributed by atoms with Gasteiger partial charge in [-0.25, -0.2) is 0 Å². The Morgan fingerprint density at radius 3 is 2.39 bits per heavy atom. The summed E-state index contributed by atoms with van der Waals surface area (Å²) >= 11 is 0. The summed E-state index contributed by atoms with van der Waals surface area (Å²) in [5.74, 6) is -0.816. The summed E-state index contributed by atoms with van der Waals surface area (Å²) in [4.78, 5) is 39.9. The summed E-state index contributed by atoms with van der Waals surface area (Å²) < 4.78 is 5.96. The number of carbonyl (C=O) groups excluding carboxylic acids is 2. The van der Waals surface area contributed by atoms with Crippen molar-refractivity contribution in [2.24, 2.45) is 10.9 Å². The lowest BCUT2D eigenvalue weighted by Crippen LogP contribution is -2.33.